The van der Waals surface area contributed by atoms with Crippen LogP contribution in [0.4, 0.5) is 0 Å². The van der Waals surface area contributed by atoms with Gasteiger partial charge in [0.05, 0.1) is 31.5 Å². The third-order valence-corrected chi connectivity index (χ3v) is 16.6. The maximum atomic E-state index is 14.0. The van der Waals surface area contributed by atoms with Crippen LogP contribution in [0.2, 0.25) is 0 Å². The molecular weight excluding hydrogens is 1290 g/mol. The predicted octanol–water partition coefficient (Wildman–Crippen LogP) is 0.809. The first-order valence-corrected chi connectivity index (χ1v) is 34.1. The number of aliphatic hydroxyl groups excluding tert-OH is 9. The molecule has 6 unspecified atom stereocenters. The highest BCUT2D eigenvalue weighted by Gasteiger charge is 2.44. The van der Waals surface area contributed by atoms with Crippen LogP contribution < -0.4 is 35.5 Å². The van der Waals surface area contributed by atoms with Crippen molar-refractivity contribution in [1.29, 1.82) is 0 Å². The molecule has 0 saturated carbocycles. The topological polar surface area (TPSA) is 450 Å². The van der Waals surface area contributed by atoms with Gasteiger partial charge < -0.3 is 110 Å². The van der Waals surface area contributed by atoms with Crippen LogP contribution in [0, 0.1) is 0 Å². The lowest BCUT2D eigenvalue weighted by Gasteiger charge is -2.38. The Morgan fingerprint density at radius 2 is 0.714 bits per heavy atom. The fourth-order valence-corrected chi connectivity index (χ4v) is 10.8. The Hall–Kier alpha value is -6.20. The maximum absolute atomic E-state index is 14.0. The van der Waals surface area contributed by atoms with Gasteiger partial charge in [-0.1, -0.05) is 12.8 Å². The number of nitrogens with one attached hydrogen (secondary N) is 4. The van der Waals surface area contributed by atoms with E-state index in [4.69, 9.17) is 42.6 Å². The number of ketones is 4. The number of hydrogen-bond acceptors (Lipinski definition) is 26. The van der Waals surface area contributed by atoms with E-state index in [0.29, 0.717) is 88.3 Å². The van der Waals surface area contributed by atoms with Crippen molar-refractivity contribution in [1.82, 2.24) is 21.3 Å². The van der Waals surface area contributed by atoms with Gasteiger partial charge in [0.25, 0.3) is 11.8 Å². The summed E-state index contributed by atoms with van der Waals surface area (Å²) in [5.41, 5.74) is 1.04. The fraction of sp³-hybridized carbons (Fsp3) is 0.706. The minimum absolute atomic E-state index is 0.0419. The van der Waals surface area contributed by atoms with E-state index in [1.54, 1.807) is 31.2 Å². The van der Waals surface area contributed by atoms with Gasteiger partial charge in [0.1, 0.15) is 90.4 Å². The quantitative estimate of drug-likeness (QED) is 0.0322. The van der Waals surface area contributed by atoms with Crippen molar-refractivity contribution >= 4 is 46.8 Å². The normalized spacial score (nSPS) is 25.4. The minimum atomic E-state index is -1.47. The predicted molar refractivity (Wildman–Crippen MR) is 348 cm³/mol. The second-order valence-electron chi connectivity index (χ2n) is 24.9. The van der Waals surface area contributed by atoms with Crippen molar-refractivity contribution in [2.45, 2.75) is 242 Å². The fourth-order valence-electron chi connectivity index (χ4n) is 10.8. The molecule has 30 heteroatoms. The molecule has 4 amide bonds. The van der Waals surface area contributed by atoms with E-state index < -0.39 is 117 Å². The molecule has 3 aliphatic heterocycles. The van der Waals surface area contributed by atoms with Gasteiger partial charge in [-0.25, -0.2) is 0 Å². The maximum Gasteiger partial charge on any atom is 0.257 e. The van der Waals surface area contributed by atoms with Crippen molar-refractivity contribution in [2.24, 2.45) is 0 Å². The van der Waals surface area contributed by atoms with Crippen LogP contribution in [0.15, 0.2) is 36.4 Å². The Morgan fingerprint density at radius 3 is 1.16 bits per heavy atom. The van der Waals surface area contributed by atoms with E-state index in [0.717, 1.165) is 6.42 Å². The molecule has 0 radical (unpaired) electrons. The van der Waals surface area contributed by atoms with Gasteiger partial charge in [-0.2, -0.15) is 0 Å². The Kier molecular flexibility index (Phi) is 37.1. The molecule has 2 aromatic rings. The number of amides is 4. The Morgan fingerprint density at radius 1 is 0.357 bits per heavy atom. The summed E-state index contributed by atoms with van der Waals surface area (Å²) >= 11 is 0. The first kappa shape index (κ1) is 82.5. The second-order valence-corrected chi connectivity index (χ2v) is 24.9. The van der Waals surface area contributed by atoms with Crippen molar-refractivity contribution in [2.75, 3.05) is 65.8 Å². The average molecular weight is 1390 g/mol. The first-order chi connectivity index (χ1) is 46.8. The van der Waals surface area contributed by atoms with Gasteiger partial charge in [-0.3, -0.25) is 38.4 Å². The molecule has 2 aromatic carbocycles. The molecule has 0 bridgehead atoms. The summed E-state index contributed by atoms with van der Waals surface area (Å²) < 4.78 is 50.8. The van der Waals surface area contributed by atoms with Gasteiger partial charge >= 0.3 is 0 Å². The molecular formula is C68H104N4O26. The van der Waals surface area contributed by atoms with Crippen LogP contribution in [0.5, 0.6) is 17.2 Å². The third-order valence-electron chi connectivity index (χ3n) is 16.6. The second kappa shape index (κ2) is 44.1. The minimum Gasteiger partial charge on any atom is -0.486 e. The summed E-state index contributed by atoms with van der Waals surface area (Å²) in [5.74, 6) is -1.73. The molecule has 3 heterocycles. The van der Waals surface area contributed by atoms with Gasteiger partial charge in [-0.05, 0) is 127 Å². The molecule has 13 N–H and O–H groups in total. The molecule has 15 atom stereocenters. The van der Waals surface area contributed by atoms with E-state index in [1.807, 2.05) is 6.92 Å². The molecule has 0 aromatic heterocycles. The Bertz CT molecular complexity index is 2720. The lowest BCUT2D eigenvalue weighted by molar-refractivity contribution is -0.293. The summed E-state index contributed by atoms with van der Waals surface area (Å²) in [6.07, 6.45) is -12.1. The van der Waals surface area contributed by atoms with Crippen LogP contribution in [0.25, 0.3) is 11.1 Å². The summed E-state index contributed by atoms with van der Waals surface area (Å²) in [6.45, 7) is 6.27. The van der Waals surface area contributed by atoms with E-state index in [2.05, 4.69) is 21.3 Å². The summed E-state index contributed by atoms with van der Waals surface area (Å²) in [5, 5.41) is 101. The van der Waals surface area contributed by atoms with E-state index >= 15 is 0 Å². The highest BCUT2D eigenvalue weighted by Crippen LogP contribution is 2.34. The molecule has 0 spiro atoms. The van der Waals surface area contributed by atoms with Gasteiger partial charge in [0, 0.05) is 95.8 Å². The number of aliphatic hydroxyl groups is 9. The molecule has 552 valence electrons. The number of carbonyl (C=O) groups excluding carboxylic acids is 8. The van der Waals surface area contributed by atoms with E-state index in [9.17, 15) is 84.3 Å². The monoisotopic (exact) mass is 1390 g/mol. The van der Waals surface area contributed by atoms with Gasteiger partial charge in [0.2, 0.25) is 11.8 Å². The number of rotatable bonds is 47. The standard InChI is InChI=1S/C68H104N4O26/c1-5-69-53(77)23-9-7-6-8-22-52(76)45-31-43(32-49(35-45)93-37-48(75)19-14-25-70-54(78)24-10-11-28-90-66-63(87)60(84)57(81)40(2)96-66)44-33-50(94-38-55(79)71-26-12-17-46(73)20-15-29-91-67-64(88)61(85)58(82)41(3)97-67)36-51(34-44)95-39-56(80)72-27-13-18-47(74)21-16-30-92-68-65(89)62(86)59(83)42(4)98-68/h31-36,40-42,57-68,81-89H,5-30,37-39H2,1-4H3,(H,69,77)(H,70,78)(H,71,79)(H,72,80)/t40-,41-,42-,57-,58-,59-,60?,61?,62?,63-,64-,65-,66?,67?,68?/m0/s1. The number of carbonyl (C=O) groups is 8. The molecule has 3 saturated heterocycles. The molecule has 30 nitrogen and oxygen atoms in total. The first-order valence-electron chi connectivity index (χ1n) is 34.1. The smallest absolute Gasteiger partial charge is 0.257 e. The molecule has 5 rings (SSSR count). The molecule has 3 fully saturated rings. The van der Waals surface area contributed by atoms with Crippen molar-refractivity contribution < 1.29 is 127 Å². The molecule has 3 aliphatic rings. The van der Waals surface area contributed by atoms with Crippen LogP contribution in [-0.4, -0.2) is 251 Å². The largest absolute Gasteiger partial charge is 0.486 e. The summed E-state index contributed by atoms with van der Waals surface area (Å²) in [4.78, 5) is 103. The highest BCUT2D eigenvalue weighted by atomic mass is 16.7. The number of Topliss-reactive ketones (excluding diaryl/α,β-unsaturated/α-hetero) is 4. The summed E-state index contributed by atoms with van der Waals surface area (Å²) in [7, 11) is 0. The van der Waals surface area contributed by atoms with Gasteiger partial charge in [-0.15, -0.1) is 0 Å². The number of ether oxygens (including phenoxy) is 9. The lowest BCUT2D eigenvalue weighted by atomic mass is 9.97. The van der Waals surface area contributed by atoms with Crippen LogP contribution in [0.1, 0.15) is 160 Å². The van der Waals surface area contributed by atoms with Crippen molar-refractivity contribution in [3.63, 3.8) is 0 Å². The number of unbranched alkanes of at least 4 members (excludes halogenated alkanes) is 4. The third kappa shape index (κ3) is 29.2. The Balaban J connectivity index is 1.19. The average Bonchev–Trinajstić information content (AvgIpc) is 0.835. The summed E-state index contributed by atoms with van der Waals surface area (Å²) in [6, 6.07) is 9.35. The van der Waals surface area contributed by atoms with E-state index in [-0.39, 0.29) is 149 Å². The number of hydrogen-bond donors (Lipinski definition) is 13. The van der Waals surface area contributed by atoms with Crippen LogP contribution in [0.3, 0.4) is 0 Å². The van der Waals surface area contributed by atoms with Gasteiger partial charge in [0.15, 0.2) is 43.7 Å². The Labute approximate surface area is 571 Å². The van der Waals surface area contributed by atoms with Crippen LogP contribution >= 0.6 is 0 Å². The highest BCUT2D eigenvalue weighted by molar-refractivity contribution is 5.98. The zero-order valence-corrected chi connectivity index (χ0v) is 56.6. The lowest BCUT2D eigenvalue weighted by Crippen LogP contribution is -2.57. The SMILES string of the molecule is CCNC(=O)CCCCCCC(=O)c1cc(OCC(=O)CCCNC(=O)CCCCOC2O[C@@H](C)[C@H](O)C(O)[C@@H]2O)cc(-c2cc(OCC(=O)NCCCC(=O)CCCOC3O[C@@H](C)[C@H](O)C(O)[C@@H]3O)cc(OCC(=O)NCCCC(=O)CCCOC3O[C@@H](C)[C@H](O)C(O)[C@@H]3O)c2)c1. The zero-order valence-electron chi connectivity index (χ0n) is 56.6. The zero-order chi connectivity index (χ0) is 71.7. The van der Waals surface area contributed by atoms with Crippen molar-refractivity contribution in [3.8, 4) is 28.4 Å². The number of benzene rings is 2. The van der Waals surface area contributed by atoms with Crippen LogP contribution in [-0.2, 0) is 62.0 Å². The molecule has 98 heavy (non-hydrogen) atoms. The van der Waals surface area contributed by atoms with Crippen molar-refractivity contribution in [3.05, 3.63) is 42.0 Å². The van der Waals surface area contributed by atoms with E-state index in [1.165, 1.54) is 26.0 Å². The molecule has 0 aliphatic carbocycles.